The fourth-order valence-electron chi connectivity index (χ4n) is 1.41. The van der Waals surface area contributed by atoms with Gasteiger partial charge in [-0.2, -0.15) is 0 Å². The molecule has 5 heteroatoms. The second kappa shape index (κ2) is 3.42. The first-order valence-corrected chi connectivity index (χ1v) is 4.25. The minimum absolute atomic E-state index is 0.180. The molecule has 0 saturated heterocycles. The highest BCUT2D eigenvalue weighted by molar-refractivity contribution is 5.91. The van der Waals surface area contributed by atoms with E-state index < -0.39 is 17.5 Å². The minimum Gasteiger partial charge on any atom is -0.388 e. The second-order valence-corrected chi connectivity index (χ2v) is 2.99. The molecular weight excluding hydrogens is 205 g/mol. The molecule has 0 unspecified atom stereocenters. The zero-order valence-corrected chi connectivity index (χ0v) is 7.81. The van der Waals surface area contributed by atoms with E-state index in [1.807, 2.05) is 0 Å². The third-order valence-corrected chi connectivity index (χ3v) is 2.14. The number of anilines is 1. The number of nitrogens with zero attached hydrogens (tertiary/aromatic N) is 1. The molecule has 2 rings (SSSR count). The Morgan fingerprint density at radius 1 is 1.20 bits per heavy atom. The summed E-state index contributed by atoms with van der Waals surface area (Å²) in [5.74, 6) is -3.98. The van der Waals surface area contributed by atoms with Gasteiger partial charge in [-0.1, -0.05) is 0 Å². The minimum atomic E-state index is -1.50. The normalized spacial score (nSPS) is 10.7. The van der Waals surface area contributed by atoms with Crippen LogP contribution < -0.4 is 5.32 Å². The van der Waals surface area contributed by atoms with E-state index in [0.717, 1.165) is 6.07 Å². The van der Waals surface area contributed by atoms with Crippen molar-refractivity contribution in [2.24, 2.45) is 0 Å². The van der Waals surface area contributed by atoms with Gasteiger partial charge in [-0.25, -0.2) is 13.2 Å². The molecule has 0 amide bonds. The van der Waals surface area contributed by atoms with Crippen molar-refractivity contribution in [2.45, 2.75) is 0 Å². The zero-order valence-electron chi connectivity index (χ0n) is 7.81. The number of hydrogen-bond donors (Lipinski definition) is 1. The van der Waals surface area contributed by atoms with Gasteiger partial charge in [0.2, 0.25) is 0 Å². The monoisotopic (exact) mass is 212 g/mol. The summed E-state index contributed by atoms with van der Waals surface area (Å²) in [4.78, 5) is 3.67. The number of hydrogen-bond acceptors (Lipinski definition) is 2. The maximum absolute atomic E-state index is 13.3. The summed E-state index contributed by atoms with van der Waals surface area (Å²) in [5, 5.41) is 2.97. The van der Waals surface area contributed by atoms with Crippen molar-refractivity contribution in [1.82, 2.24) is 4.98 Å². The van der Waals surface area contributed by atoms with Crippen LogP contribution in [0.25, 0.3) is 10.9 Å². The predicted molar refractivity (Wildman–Crippen MR) is 51.2 cm³/mol. The van der Waals surface area contributed by atoms with Crippen LogP contribution in [0.5, 0.6) is 0 Å². The van der Waals surface area contributed by atoms with Gasteiger partial charge in [0.25, 0.3) is 0 Å². The Balaban J connectivity index is 2.91. The summed E-state index contributed by atoms with van der Waals surface area (Å²) in [7, 11) is 1.61. The fraction of sp³-hybridized carbons (Fsp3) is 0.100. The standard InChI is InChI=1S/C10H7F3N2/c1-14-7-2-3-15-10-5(7)4-6(11)8(12)9(10)13/h2-4H,1H3,(H,14,15). The van der Waals surface area contributed by atoms with Crippen LogP contribution in [0.15, 0.2) is 18.3 Å². The summed E-state index contributed by atoms with van der Waals surface area (Å²) < 4.78 is 39.1. The highest BCUT2D eigenvalue weighted by atomic mass is 19.2. The van der Waals surface area contributed by atoms with Crippen LogP contribution in [0.3, 0.4) is 0 Å². The van der Waals surface area contributed by atoms with Crippen molar-refractivity contribution >= 4 is 16.6 Å². The van der Waals surface area contributed by atoms with Crippen LogP contribution in [-0.4, -0.2) is 12.0 Å². The van der Waals surface area contributed by atoms with E-state index in [2.05, 4.69) is 10.3 Å². The van der Waals surface area contributed by atoms with Crippen molar-refractivity contribution in [3.8, 4) is 0 Å². The van der Waals surface area contributed by atoms with E-state index in [9.17, 15) is 13.2 Å². The number of halogens is 3. The van der Waals surface area contributed by atoms with Crippen LogP contribution >= 0.6 is 0 Å². The van der Waals surface area contributed by atoms with E-state index >= 15 is 0 Å². The third kappa shape index (κ3) is 1.40. The van der Waals surface area contributed by atoms with E-state index in [-0.39, 0.29) is 10.9 Å². The first-order valence-electron chi connectivity index (χ1n) is 4.25. The Hall–Kier alpha value is -1.78. The molecule has 1 heterocycles. The Labute approximate surface area is 83.7 Å². The second-order valence-electron chi connectivity index (χ2n) is 2.99. The van der Waals surface area contributed by atoms with Gasteiger partial charge in [-0.05, 0) is 12.1 Å². The number of benzene rings is 1. The molecule has 0 bridgehead atoms. The molecule has 0 atom stereocenters. The fourth-order valence-corrected chi connectivity index (χ4v) is 1.41. The van der Waals surface area contributed by atoms with Gasteiger partial charge in [0.15, 0.2) is 17.5 Å². The van der Waals surface area contributed by atoms with Crippen LogP contribution in [0.1, 0.15) is 0 Å². The topological polar surface area (TPSA) is 24.9 Å². The molecule has 0 fully saturated rings. The molecule has 1 aromatic heterocycles. The van der Waals surface area contributed by atoms with Gasteiger partial charge >= 0.3 is 0 Å². The van der Waals surface area contributed by atoms with Gasteiger partial charge < -0.3 is 5.32 Å². The molecular formula is C10H7F3N2. The number of pyridine rings is 1. The lowest BCUT2D eigenvalue weighted by Crippen LogP contribution is -1.97. The summed E-state index contributed by atoms with van der Waals surface area (Å²) >= 11 is 0. The average molecular weight is 212 g/mol. The van der Waals surface area contributed by atoms with Crippen LogP contribution in [-0.2, 0) is 0 Å². The lowest BCUT2D eigenvalue weighted by Gasteiger charge is -2.06. The van der Waals surface area contributed by atoms with Crippen molar-refractivity contribution in [3.05, 3.63) is 35.8 Å². The molecule has 0 spiro atoms. The number of rotatable bonds is 1. The maximum Gasteiger partial charge on any atom is 0.196 e. The Bertz CT molecular complexity index is 526. The first kappa shape index (κ1) is 9.76. The first-order chi connectivity index (χ1) is 7.15. The summed E-state index contributed by atoms with van der Waals surface area (Å²) in [6.07, 6.45) is 1.33. The Kier molecular flexibility index (Phi) is 2.22. The van der Waals surface area contributed by atoms with Gasteiger partial charge in [-0.3, -0.25) is 4.98 Å². The van der Waals surface area contributed by atoms with E-state index in [1.54, 1.807) is 13.1 Å². The number of aromatic nitrogens is 1. The van der Waals surface area contributed by atoms with Gasteiger partial charge in [-0.15, -0.1) is 0 Å². The molecule has 78 valence electrons. The van der Waals surface area contributed by atoms with Gasteiger partial charge in [0.1, 0.15) is 5.52 Å². The molecule has 1 N–H and O–H groups in total. The number of nitrogens with one attached hydrogen (secondary N) is 1. The van der Waals surface area contributed by atoms with Crippen LogP contribution in [0.2, 0.25) is 0 Å². The van der Waals surface area contributed by atoms with Crippen molar-refractivity contribution in [2.75, 3.05) is 12.4 Å². The summed E-state index contributed by atoms with van der Waals surface area (Å²) in [6, 6.07) is 2.48. The average Bonchev–Trinajstić information content (AvgIpc) is 2.25. The van der Waals surface area contributed by atoms with E-state index in [1.165, 1.54) is 6.20 Å². The van der Waals surface area contributed by atoms with Crippen molar-refractivity contribution in [3.63, 3.8) is 0 Å². The predicted octanol–water partition coefficient (Wildman–Crippen LogP) is 2.69. The molecule has 0 aliphatic heterocycles. The molecule has 0 saturated carbocycles. The van der Waals surface area contributed by atoms with Gasteiger partial charge in [0.05, 0.1) is 0 Å². The highest BCUT2D eigenvalue weighted by Crippen LogP contribution is 2.26. The SMILES string of the molecule is CNc1ccnc2c(F)c(F)c(F)cc12. The smallest absolute Gasteiger partial charge is 0.196 e. The van der Waals surface area contributed by atoms with Crippen molar-refractivity contribution in [1.29, 1.82) is 0 Å². The highest BCUT2D eigenvalue weighted by Gasteiger charge is 2.15. The quantitative estimate of drug-likeness (QED) is 0.735. The summed E-state index contributed by atoms with van der Waals surface area (Å²) in [5.41, 5.74) is 0.318. The molecule has 0 radical (unpaired) electrons. The Morgan fingerprint density at radius 3 is 2.60 bits per heavy atom. The van der Waals surface area contributed by atoms with Gasteiger partial charge in [0, 0.05) is 24.3 Å². The number of fused-ring (bicyclic) bond motifs is 1. The molecule has 0 aliphatic rings. The van der Waals surface area contributed by atoms with E-state index in [4.69, 9.17) is 0 Å². The molecule has 15 heavy (non-hydrogen) atoms. The lowest BCUT2D eigenvalue weighted by atomic mass is 10.1. The third-order valence-electron chi connectivity index (χ3n) is 2.14. The molecule has 2 aromatic rings. The van der Waals surface area contributed by atoms with Crippen LogP contribution in [0, 0.1) is 17.5 Å². The zero-order chi connectivity index (χ0) is 11.0. The molecule has 2 nitrogen and oxygen atoms in total. The summed E-state index contributed by atoms with van der Waals surface area (Å²) in [6.45, 7) is 0. The van der Waals surface area contributed by atoms with E-state index in [0.29, 0.717) is 5.69 Å². The maximum atomic E-state index is 13.3. The Morgan fingerprint density at radius 2 is 1.93 bits per heavy atom. The van der Waals surface area contributed by atoms with Crippen molar-refractivity contribution < 1.29 is 13.2 Å². The lowest BCUT2D eigenvalue weighted by molar-refractivity contribution is 0.452. The molecule has 0 aliphatic carbocycles. The molecule has 1 aromatic carbocycles. The largest absolute Gasteiger partial charge is 0.388 e. The van der Waals surface area contributed by atoms with Crippen LogP contribution in [0.4, 0.5) is 18.9 Å².